The van der Waals surface area contributed by atoms with Crippen molar-refractivity contribution in [3.05, 3.63) is 11.2 Å². The maximum atomic E-state index is 10.2. The molecule has 0 radical (unpaired) electrons. The average molecular weight is 196 g/mol. The maximum Gasteiger partial charge on any atom is 0.291 e. The fourth-order valence-corrected chi connectivity index (χ4v) is 1.11. The number of aliphatic hydroxyl groups excluding tert-OH is 2. The van der Waals surface area contributed by atoms with Crippen molar-refractivity contribution in [1.82, 2.24) is 0 Å². The summed E-state index contributed by atoms with van der Waals surface area (Å²) >= 11 is 0. The predicted octanol–water partition coefficient (Wildman–Crippen LogP) is 0.435. The smallest absolute Gasteiger partial charge is 0.291 e. The van der Waals surface area contributed by atoms with Gasteiger partial charge in [-0.05, 0) is 6.42 Å². The van der Waals surface area contributed by atoms with E-state index in [1.807, 2.05) is 0 Å². The topological polar surface area (TPSA) is 94.8 Å². The van der Waals surface area contributed by atoms with Gasteiger partial charge in [-0.25, -0.2) is 0 Å². The Balaban J connectivity index is 4.38. The zero-order valence-corrected chi connectivity index (χ0v) is 7.45. The third-order valence-electron chi connectivity index (χ3n) is 1.17. The minimum atomic E-state index is -4.36. The summed E-state index contributed by atoms with van der Waals surface area (Å²) in [5, 5.41) is 18.1. The molecule has 0 aromatic carbocycles. The first-order valence-electron chi connectivity index (χ1n) is 3.43. The van der Waals surface area contributed by atoms with Crippen LogP contribution < -0.4 is 0 Å². The maximum absolute atomic E-state index is 10.2. The molecule has 0 aliphatic rings. The molecular formula is C6H12O5S. The molecule has 6 heteroatoms. The van der Waals surface area contributed by atoms with Crippen molar-refractivity contribution in [2.45, 2.75) is 25.9 Å². The summed E-state index contributed by atoms with van der Waals surface area (Å²) in [6, 6.07) is 0. The molecule has 0 rings (SSSR count). The molecule has 0 heterocycles. The molecule has 72 valence electrons. The van der Waals surface area contributed by atoms with Gasteiger partial charge < -0.3 is 10.2 Å². The van der Waals surface area contributed by atoms with E-state index in [1.54, 1.807) is 6.92 Å². The monoisotopic (exact) mass is 196 g/mol. The van der Waals surface area contributed by atoms with Gasteiger partial charge in [-0.15, -0.1) is 0 Å². The highest BCUT2D eigenvalue weighted by atomic mass is 32.2. The first kappa shape index (κ1) is 11.4. The Bertz CT molecular complexity index is 253. The van der Waals surface area contributed by atoms with Gasteiger partial charge in [0.1, 0.15) is 11.9 Å². The third-order valence-corrected chi connectivity index (χ3v) is 1.71. The van der Waals surface area contributed by atoms with Crippen molar-refractivity contribution < 1.29 is 23.2 Å². The van der Waals surface area contributed by atoms with Crippen LogP contribution >= 0.6 is 0 Å². The summed E-state index contributed by atoms with van der Waals surface area (Å²) in [6.07, 6.45) is -0.375. The van der Waals surface area contributed by atoms with Gasteiger partial charge in [0.05, 0.1) is 5.41 Å². The normalized spacial score (nSPS) is 16.1. The van der Waals surface area contributed by atoms with Crippen LogP contribution in [0.4, 0.5) is 0 Å². The van der Waals surface area contributed by atoms with Crippen LogP contribution in [-0.2, 0) is 10.1 Å². The van der Waals surface area contributed by atoms with Gasteiger partial charge >= 0.3 is 0 Å². The third kappa shape index (κ3) is 5.11. The molecule has 0 spiro atoms. The molecule has 5 nitrogen and oxygen atoms in total. The first-order valence-corrected chi connectivity index (χ1v) is 4.93. The lowest BCUT2D eigenvalue weighted by atomic mass is 10.2. The van der Waals surface area contributed by atoms with Crippen LogP contribution in [0.2, 0.25) is 0 Å². The lowest BCUT2D eigenvalue weighted by Gasteiger charge is -2.06. The van der Waals surface area contributed by atoms with Crippen molar-refractivity contribution in [2.75, 3.05) is 0 Å². The van der Waals surface area contributed by atoms with Crippen LogP contribution in [0.1, 0.15) is 19.8 Å². The molecule has 0 fully saturated rings. The van der Waals surface area contributed by atoms with Gasteiger partial charge in [-0.2, -0.15) is 8.42 Å². The SMILES string of the molecule is CCCC(O)C(O)=CS(=O)(=O)O. The molecule has 0 amide bonds. The molecule has 0 aliphatic carbocycles. The molecule has 1 unspecified atom stereocenters. The summed E-state index contributed by atoms with van der Waals surface area (Å²) in [5.74, 6) is -0.737. The molecule has 12 heavy (non-hydrogen) atoms. The summed E-state index contributed by atoms with van der Waals surface area (Å²) in [4.78, 5) is 0. The van der Waals surface area contributed by atoms with Crippen molar-refractivity contribution in [3.63, 3.8) is 0 Å². The average Bonchev–Trinajstić information content (AvgIpc) is 1.84. The Kier molecular flexibility index (Phi) is 4.22. The number of aliphatic hydroxyl groups is 2. The zero-order valence-electron chi connectivity index (χ0n) is 6.64. The Morgan fingerprint density at radius 2 is 2.08 bits per heavy atom. The van der Waals surface area contributed by atoms with Crippen LogP contribution in [0.15, 0.2) is 11.2 Å². The van der Waals surface area contributed by atoms with E-state index in [0.717, 1.165) is 0 Å². The zero-order chi connectivity index (χ0) is 9.78. The Labute approximate surface area is 71.1 Å². The quantitative estimate of drug-likeness (QED) is 0.448. The van der Waals surface area contributed by atoms with Gasteiger partial charge in [0.2, 0.25) is 0 Å². The molecule has 0 aliphatic heterocycles. The van der Waals surface area contributed by atoms with E-state index in [2.05, 4.69) is 0 Å². The Morgan fingerprint density at radius 1 is 1.58 bits per heavy atom. The molecular weight excluding hydrogens is 184 g/mol. The van der Waals surface area contributed by atoms with Crippen molar-refractivity contribution >= 4 is 10.1 Å². The fraction of sp³-hybridized carbons (Fsp3) is 0.667. The van der Waals surface area contributed by atoms with Crippen molar-refractivity contribution in [3.8, 4) is 0 Å². The lowest BCUT2D eigenvalue weighted by Crippen LogP contribution is -2.11. The Morgan fingerprint density at radius 3 is 2.42 bits per heavy atom. The predicted molar refractivity (Wildman–Crippen MR) is 43.2 cm³/mol. The van der Waals surface area contributed by atoms with E-state index in [-0.39, 0.29) is 11.8 Å². The van der Waals surface area contributed by atoms with E-state index >= 15 is 0 Å². The molecule has 3 N–H and O–H groups in total. The highest BCUT2D eigenvalue weighted by molar-refractivity contribution is 7.88. The van der Waals surface area contributed by atoms with Gasteiger partial charge in [0, 0.05) is 0 Å². The van der Waals surface area contributed by atoms with E-state index in [9.17, 15) is 8.42 Å². The second-order valence-corrected chi connectivity index (χ2v) is 3.63. The van der Waals surface area contributed by atoms with Gasteiger partial charge in [0.25, 0.3) is 10.1 Å². The van der Waals surface area contributed by atoms with E-state index in [4.69, 9.17) is 14.8 Å². The molecule has 0 bridgehead atoms. The summed E-state index contributed by atoms with van der Waals surface area (Å²) < 4.78 is 28.5. The van der Waals surface area contributed by atoms with Gasteiger partial charge in [-0.3, -0.25) is 4.55 Å². The van der Waals surface area contributed by atoms with Gasteiger partial charge in [0.15, 0.2) is 0 Å². The van der Waals surface area contributed by atoms with Gasteiger partial charge in [-0.1, -0.05) is 13.3 Å². The molecule has 0 aromatic heterocycles. The lowest BCUT2D eigenvalue weighted by molar-refractivity contribution is 0.144. The second kappa shape index (κ2) is 4.44. The molecule has 1 atom stereocenters. The first-order chi connectivity index (χ1) is 5.37. The minimum absolute atomic E-state index is 0.229. The molecule has 0 aromatic rings. The summed E-state index contributed by atoms with van der Waals surface area (Å²) in [5.41, 5.74) is 0. The number of rotatable bonds is 4. The fourth-order valence-electron chi connectivity index (χ4n) is 0.652. The van der Waals surface area contributed by atoms with Crippen LogP contribution in [0.25, 0.3) is 0 Å². The van der Waals surface area contributed by atoms with E-state index < -0.39 is 22.0 Å². The number of hydrogen-bond donors (Lipinski definition) is 3. The second-order valence-electron chi connectivity index (χ2n) is 2.36. The van der Waals surface area contributed by atoms with Crippen molar-refractivity contribution in [2.24, 2.45) is 0 Å². The highest BCUT2D eigenvalue weighted by Gasteiger charge is 2.11. The Hall–Kier alpha value is -0.590. The van der Waals surface area contributed by atoms with Crippen molar-refractivity contribution in [1.29, 1.82) is 0 Å². The van der Waals surface area contributed by atoms with Crippen LogP contribution in [0.3, 0.4) is 0 Å². The highest BCUT2D eigenvalue weighted by Crippen LogP contribution is 2.06. The van der Waals surface area contributed by atoms with E-state index in [0.29, 0.717) is 6.42 Å². The van der Waals surface area contributed by atoms with Crippen LogP contribution in [0.5, 0.6) is 0 Å². The largest absolute Gasteiger partial charge is 0.509 e. The molecule has 0 saturated carbocycles. The summed E-state index contributed by atoms with van der Waals surface area (Å²) in [6.45, 7) is 1.77. The minimum Gasteiger partial charge on any atom is -0.509 e. The van der Waals surface area contributed by atoms with E-state index in [1.165, 1.54) is 0 Å². The standard InChI is InChI=1S/C6H12O5S/c1-2-3-5(7)6(8)4-12(9,10)11/h4-5,7-8H,2-3H2,1H3,(H,9,10,11). The van der Waals surface area contributed by atoms with Crippen LogP contribution in [0, 0.1) is 0 Å². The molecule has 0 saturated heterocycles. The number of hydrogen-bond acceptors (Lipinski definition) is 4. The summed E-state index contributed by atoms with van der Waals surface area (Å²) in [7, 11) is -4.36. The van der Waals surface area contributed by atoms with Crippen LogP contribution in [-0.4, -0.2) is 29.3 Å².